The summed E-state index contributed by atoms with van der Waals surface area (Å²) in [7, 11) is 0. The van der Waals surface area contributed by atoms with Crippen molar-refractivity contribution in [3.63, 3.8) is 0 Å². The number of nitrogens with zero attached hydrogens (tertiary/aromatic N) is 3. The standard InChI is InChI=1S/C18H22N4S.C2HF3O2/c1-18(2,3)22-17(20-13-21-22)12-19-11-14-6-8-15(9-7-14)16-5-4-10-23-16;3-2(4,5)1(6)7/h4-10,13,19H,11-12H2,1-3H3;(H,6,7). The minimum Gasteiger partial charge on any atom is -0.475 e. The number of rotatable bonds is 5. The molecule has 0 bridgehead atoms. The van der Waals surface area contributed by atoms with Crippen LogP contribution in [0.4, 0.5) is 13.2 Å². The van der Waals surface area contributed by atoms with Crippen molar-refractivity contribution in [3.8, 4) is 10.4 Å². The van der Waals surface area contributed by atoms with E-state index in [4.69, 9.17) is 9.90 Å². The smallest absolute Gasteiger partial charge is 0.475 e. The van der Waals surface area contributed by atoms with E-state index in [-0.39, 0.29) is 5.54 Å². The van der Waals surface area contributed by atoms with Crippen molar-refractivity contribution in [1.29, 1.82) is 0 Å². The number of hydrogen-bond acceptors (Lipinski definition) is 5. The topological polar surface area (TPSA) is 80.0 Å². The van der Waals surface area contributed by atoms with Gasteiger partial charge in [0, 0.05) is 11.4 Å². The number of carboxylic acids is 1. The van der Waals surface area contributed by atoms with Crippen molar-refractivity contribution in [2.24, 2.45) is 0 Å². The number of thiophene rings is 1. The molecule has 0 aliphatic rings. The molecule has 3 aromatic rings. The maximum Gasteiger partial charge on any atom is 0.490 e. The first-order valence-electron chi connectivity index (χ1n) is 9.01. The molecule has 2 aromatic heterocycles. The van der Waals surface area contributed by atoms with Crippen molar-refractivity contribution in [2.75, 3.05) is 0 Å². The van der Waals surface area contributed by atoms with Gasteiger partial charge in [-0.2, -0.15) is 18.3 Å². The lowest BCUT2D eigenvalue weighted by Crippen LogP contribution is -2.28. The van der Waals surface area contributed by atoms with Crippen molar-refractivity contribution >= 4 is 17.3 Å². The van der Waals surface area contributed by atoms with Crippen LogP contribution in [-0.4, -0.2) is 32.0 Å². The Kier molecular flexibility index (Phi) is 7.74. The highest BCUT2D eigenvalue weighted by molar-refractivity contribution is 7.13. The highest BCUT2D eigenvalue weighted by Crippen LogP contribution is 2.24. The second-order valence-electron chi connectivity index (χ2n) is 7.34. The van der Waals surface area contributed by atoms with Crippen LogP contribution in [0.25, 0.3) is 10.4 Å². The molecule has 162 valence electrons. The number of carbonyl (C=O) groups is 1. The van der Waals surface area contributed by atoms with Gasteiger partial charge >= 0.3 is 12.1 Å². The fraction of sp³-hybridized carbons (Fsp3) is 0.350. The van der Waals surface area contributed by atoms with Crippen molar-refractivity contribution < 1.29 is 23.1 Å². The van der Waals surface area contributed by atoms with Gasteiger partial charge in [-0.15, -0.1) is 11.3 Å². The van der Waals surface area contributed by atoms with Crippen molar-refractivity contribution in [3.05, 3.63) is 59.5 Å². The molecule has 0 radical (unpaired) electrons. The number of alkyl halides is 3. The molecule has 1 aromatic carbocycles. The molecule has 0 saturated carbocycles. The fourth-order valence-corrected chi connectivity index (χ4v) is 3.23. The zero-order valence-corrected chi connectivity index (χ0v) is 17.6. The van der Waals surface area contributed by atoms with Crippen LogP contribution in [0.3, 0.4) is 0 Å². The van der Waals surface area contributed by atoms with Gasteiger partial charge in [0.1, 0.15) is 12.2 Å². The number of halogens is 3. The minimum atomic E-state index is -5.08. The molecule has 0 atom stereocenters. The minimum absolute atomic E-state index is 0.0458. The van der Waals surface area contributed by atoms with Crippen LogP contribution in [0.2, 0.25) is 0 Å². The number of aromatic nitrogens is 3. The molecule has 0 saturated heterocycles. The third kappa shape index (κ3) is 6.96. The zero-order valence-electron chi connectivity index (χ0n) is 16.8. The summed E-state index contributed by atoms with van der Waals surface area (Å²) in [6.07, 6.45) is -3.46. The average Bonchev–Trinajstić information content (AvgIpc) is 3.33. The lowest BCUT2D eigenvalue weighted by molar-refractivity contribution is -0.192. The Morgan fingerprint density at radius 3 is 2.27 bits per heavy atom. The zero-order chi connectivity index (χ0) is 22.4. The molecule has 2 N–H and O–H groups in total. The van der Waals surface area contributed by atoms with Crippen molar-refractivity contribution in [2.45, 2.75) is 45.6 Å². The van der Waals surface area contributed by atoms with E-state index in [1.165, 1.54) is 16.0 Å². The maximum atomic E-state index is 10.6. The number of benzene rings is 1. The van der Waals surface area contributed by atoms with Gasteiger partial charge in [-0.25, -0.2) is 14.5 Å². The Morgan fingerprint density at radius 1 is 1.13 bits per heavy atom. The Bertz CT molecular complexity index is 930. The third-order valence-electron chi connectivity index (χ3n) is 3.87. The SMILES string of the molecule is CC(C)(C)n1ncnc1CNCc1ccc(-c2cccs2)cc1.O=C(O)C(F)(F)F. The molecule has 0 amide bonds. The summed E-state index contributed by atoms with van der Waals surface area (Å²) in [5.74, 6) is -1.79. The molecule has 0 aliphatic heterocycles. The summed E-state index contributed by atoms with van der Waals surface area (Å²) in [4.78, 5) is 14.6. The molecule has 6 nitrogen and oxygen atoms in total. The molecular weight excluding hydrogens is 417 g/mol. The second-order valence-corrected chi connectivity index (χ2v) is 8.29. The fourth-order valence-electron chi connectivity index (χ4n) is 2.49. The molecular formula is C20H23F3N4O2S. The first kappa shape index (κ1) is 23.6. The highest BCUT2D eigenvalue weighted by Gasteiger charge is 2.38. The van der Waals surface area contributed by atoms with Crippen LogP contribution in [-0.2, 0) is 23.4 Å². The lowest BCUT2D eigenvalue weighted by Gasteiger charge is -2.21. The van der Waals surface area contributed by atoms with Crippen molar-refractivity contribution in [1.82, 2.24) is 20.1 Å². The molecule has 0 spiro atoms. The normalized spacial score (nSPS) is 11.7. The molecule has 2 heterocycles. The highest BCUT2D eigenvalue weighted by atomic mass is 32.1. The molecule has 0 aliphatic carbocycles. The first-order chi connectivity index (χ1) is 14.0. The van der Waals surface area contributed by atoms with Gasteiger partial charge in [0.05, 0.1) is 12.1 Å². The Balaban J connectivity index is 0.000000396. The summed E-state index contributed by atoms with van der Waals surface area (Å²) in [5, 5.41) is 17.0. The molecule has 3 rings (SSSR count). The number of aliphatic carboxylic acids is 1. The first-order valence-corrected chi connectivity index (χ1v) is 9.89. The van der Waals surface area contributed by atoms with E-state index in [1.54, 1.807) is 17.7 Å². The summed E-state index contributed by atoms with van der Waals surface area (Å²) in [5.41, 5.74) is 2.50. The van der Waals surface area contributed by atoms with E-state index in [0.717, 1.165) is 12.4 Å². The van der Waals surface area contributed by atoms with Gasteiger partial charge in [-0.05, 0) is 43.3 Å². The van der Waals surface area contributed by atoms with Crippen LogP contribution in [0.5, 0.6) is 0 Å². The van der Waals surface area contributed by atoms with Crippen LogP contribution in [0, 0.1) is 0 Å². The van der Waals surface area contributed by atoms with Gasteiger partial charge in [0.15, 0.2) is 0 Å². The van der Waals surface area contributed by atoms with Gasteiger partial charge in [0.2, 0.25) is 0 Å². The van der Waals surface area contributed by atoms with Gasteiger partial charge in [0.25, 0.3) is 0 Å². The predicted molar refractivity (Wildman–Crippen MR) is 109 cm³/mol. The van der Waals surface area contributed by atoms with E-state index in [0.29, 0.717) is 6.54 Å². The second kappa shape index (κ2) is 9.86. The average molecular weight is 440 g/mol. The lowest BCUT2D eigenvalue weighted by atomic mass is 10.1. The van der Waals surface area contributed by atoms with Crippen LogP contribution in [0.1, 0.15) is 32.2 Å². The Morgan fingerprint density at radius 2 is 1.77 bits per heavy atom. The number of nitrogens with one attached hydrogen (secondary N) is 1. The van der Waals surface area contributed by atoms with E-state index >= 15 is 0 Å². The molecule has 0 fully saturated rings. The van der Waals surface area contributed by atoms with Crippen LogP contribution >= 0.6 is 11.3 Å². The molecule has 30 heavy (non-hydrogen) atoms. The van der Waals surface area contributed by atoms with Crippen LogP contribution < -0.4 is 5.32 Å². The molecule has 10 heteroatoms. The van der Waals surface area contributed by atoms with E-state index in [9.17, 15) is 13.2 Å². The summed E-state index contributed by atoms with van der Waals surface area (Å²) < 4.78 is 33.7. The predicted octanol–water partition coefficient (Wildman–Crippen LogP) is 4.68. The van der Waals surface area contributed by atoms with E-state index in [1.807, 2.05) is 4.68 Å². The third-order valence-corrected chi connectivity index (χ3v) is 4.79. The number of carboxylic acid groups (broad SMARTS) is 1. The summed E-state index contributed by atoms with van der Waals surface area (Å²) in [6.45, 7) is 7.93. The Hall–Kier alpha value is -2.72. The number of hydrogen-bond donors (Lipinski definition) is 2. The quantitative estimate of drug-likeness (QED) is 0.602. The Labute approximate surface area is 176 Å². The largest absolute Gasteiger partial charge is 0.490 e. The van der Waals surface area contributed by atoms with Gasteiger partial charge in [-0.1, -0.05) is 30.3 Å². The molecule has 0 unspecified atom stereocenters. The summed E-state index contributed by atoms with van der Waals surface area (Å²) >= 11 is 1.77. The summed E-state index contributed by atoms with van der Waals surface area (Å²) in [6, 6.07) is 13.0. The van der Waals surface area contributed by atoms with E-state index < -0.39 is 12.1 Å². The van der Waals surface area contributed by atoms with Gasteiger partial charge < -0.3 is 10.4 Å². The monoisotopic (exact) mass is 440 g/mol. The van der Waals surface area contributed by atoms with E-state index in [2.05, 4.69) is 77.9 Å². The van der Waals surface area contributed by atoms with Crippen LogP contribution in [0.15, 0.2) is 48.1 Å². The van der Waals surface area contributed by atoms with Gasteiger partial charge in [-0.3, -0.25) is 0 Å². The maximum absolute atomic E-state index is 10.6.